The third-order valence-corrected chi connectivity index (χ3v) is 6.89. The summed E-state index contributed by atoms with van der Waals surface area (Å²) < 4.78 is 25.5. The topological polar surface area (TPSA) is 73.7 Å². The zero-order valence-corrected chi connectivity index (χ0v) is 16.0. The molecule has 0 unspecified atom stereocenters. The molecule has 3 rings (SSSR count). The van der Waals surface area contributed by atoms with E-state index in [4.69, 9.17) is 11.6 Å². The molecule has 1 aliphatic rings. The number of nitrogens with zero attached hydrogens (tertiary/aromatic N) is 3. The van der Waals surface area contributed by atoms with E-state index in [0.717, 1.165) is 22.2 Å². The van der Waals surface area contributed by atoms with E-state index in [1.54, 1.807) is 6.20 Å². The van der Waals surface area contributed by atoms with E-state index in [2.05, 4.69) is 4.98 Å². The number of rotatable bonds is 4. The molecule has 1 aromatic heterocycles. The highest BCUT2D eigenvalue weighted by Crippen LogP contribution is 2.33. The fourth-order valence-electron chi connectivity index (χ4n) is 3.28. The van der Waals surface area contributed by atoms with Gasteiger partial charge < -0.3 is 10.0 Å². The molecule has 0 saturated carbocycles. The van der Waals surface area contributed by atoms with Crippen molar-refractivity contribution >= 4 is 38.2 Å². The summed E-state index contributed by atoms with van der Waals surface area (Å²) in [5.41, 5.74) is 2.76. The molecule has 1 saturated heterocycles. The number of benzene rings is 1. The Morgan fingerprint density at radius 2 is 2.08 bits per heavy atom. The van der Waals surface area contributed by atoms with E-state index in [0.29, 0.717) is 18.1 Å². The molecule has 8 heteroatoms. The summed E-state index contributed by atoms with van der Waals surface area (Å²) in [5, 5.41) is 11.9. The molecular formula is C17H22ClN3O3S. The highest BCUT2D eigenvalue weighted by molar-refractivity contribution is 7.89. The van der Waals surface area contributed by atoms with Crippen molar-refractivity contribution in [2.24, 2.45) is 5.92 Å². The van der Waals surface area contributed by atoms with Crippen molar-refractivity contribution in [1.29, 1.82) is 0 Å². The lowest BCUT2D eigenvalue weighted by Crippen LogP contribution is -2.33. The molecule has 0 radical (unpaired) electrons. The lowest BCUT2D eigenvalue weighted by Gasteiger charge is -2.21. The standard InChI is InChI=1S/C17H22ClN3O3S/c1-11-6-13(18)7-14-15(4-5-19-17(11)14)21-8-12(16(22)9-21)10-25(23,24)20(2)3/h4-7,12,16,22H,8-10H2,1-3H3/t12-,16+/m0/s1. The Hall–Kier alpha value is -1.41. The minimum Gasteiger partial charge on any atom is -0.391 e. The van der Waals surface area contributed by atoms with Crippen LogP contribution in [0.4, 0.5) is 5.69 Å². The SMILES string of the molecule is Cc1cc(Cl)cc2c(N3C[C@@H](CS(=O)(=O)N(C)C)[C@H](O)C3)ccnc12. The Bertz CT molecular complexity index is 901. The zero-order valence-electron chi connectivity index (χ0n) is 14.5. The summed E-state index contributed by atoms with van der Waals surface area (Å²) in [7, 11) is -0.344. The second kappa shape index (κ2) is 6.72. The molecular weight excluding hydrogens is 362 g/mol. The first-order valence-electron chi connectivity index (χ1n) is 8.07. The van der Waals surface area contributed by atoms with Crippen LogP contribution in [0.25, 0.3) is 10.9 Å². The van der Waals surface area contributed by atoms with E-state index < -0.39 is 16.1 Å². The van der Waals surface area contributed by atoms with E-state index in [9.17, 15) is 13.5 Å². The Labute approximate surface area is 153 Å². The molecule has 0 aliphatic carbocycles. The van der Waals surface area contributed by atoms with Gasteiger partial charge in [0.1, 0.15) is 0 Å². The van der Waals surface area contributed by atoms with Crippen molar-refractivity contribution in [3.8, 4) is 0 Å². The van der Waals surface area contributed by atoms with Gasteiger partial charge in [0.05, 0.1) is 17.4 Å². The molecule has 2 heterocycles. The molecule has 6 nitrogen and oxygen atoms in total. The van der Waals surface area contributed by atoms with Crippen molar-refractivity contribution in [3.05, 3.63) is 35.0 Å². The molecule has 136 valence electrons. The van der Waals surface area contributed by atoms with Crippen molar-refractivity contribution in [2.45, 2.75) is 13.0 Å². The maximum Gasteiger partial charge on any atom is 0.214 e. The van der Waals surface area contributed by atoms with Crippen LogP contribution < -0.4 is 4.90 Å². The van der Waals surface area contributed by atoms with E-state index in [1.165, 1.54) is 18.4 Å². The summed E-state index contributed by atoms with van der Waals surface area (Å²) in [4.78, 5) is 6.44. The van der Waals surface area contributed by atoms with Gasteiger partial charge in [-0.05, 0) is 30.7 Å². The van der Waals surface area contributed by atoms with Crippen molar-refractivity contribution in [3.63, 3.8) is 0 Å². The predicted molar refractivity (Wildman–Crippen MR) is 101 cm³/mol. The van der Waals surface area contributed by atoms with Crippen LogP contribution in [0.5, 0.6) is 0 Å². The number of pyridine rings is 1. The summed E-state index contributed by atoms with van der Waals surface area (Å²) in [6, 6.07) is 5.61. The van der Waals surface area contributed by atoms with Crippen LogP contribution >= 0.6 is 11.6 Å². The van der Waals surface area contributed by atoms with Crippen LogP contribution in [0.15, 0.2) is 24.4 Å². The van der Waals surface area contributed by atoms with Crippen LogP contribution in [0.1, 0.15) is 5.56 Å². The van der Waals surface area contributed by atoms with Gasteiger partial charge in [-0.3, -0.25) is 4.98 Å². The fourth-order valence-corrected chi connectivity index (χ4v) is 4.72. The predicted octanol–water partition coefficient (Wildman–Crippen LogP) is 1.89. The number of aliphatic hydroxyl groups is 1. The number of aryl methyl sites for hydroxylation is 1. The third-order valence-electron chi connectivity index (χ3n) is 4.71. The molecule has 1 fully saturated rings. The first-order chi connectivity index (χ1) is 11.7. The molecule has 1 aliphatic heterocycles. The lowest BCUT2D eigenvalue weighted by molar-refractivity contribution is 0.157. The third kappa shape index (κ3) is 3.60. The molecule has 1 N–H and O–H groups in total. The summed E-state index contributed by atoms with van der Waals surface area (Å²) >= 11 is 6.20. The van der Waals surface area contributed by atoms with Crippen LogP contribution in [-0.2, 0) is 10.0 Å². The van der Waals surface area contributed by atoms with Gasteiger partial charge in [0, 0.05) is 55.4 Å². The number of fused-ring (bicyclic) bond motifs is 1. The minimum absolute atomic E-state index is 0.0690. The molecule has 2 aromatic rings. The van der Waals surface area contributed by atoms with Gasteiger partial charge in [-0.1, -0.05) is 11.6 Å². The molecule has 0 bridgehead atoms. The fraction of sp³-hybridized carbons (Fsp3) is 0.471. The van der Waals surface area contributed by atoms with Gasteiger partial charge in [0.2, 0.25) is 10.0 Å². The highest BCUT2D eigenvalue weighted by atomic mass is 35.5. The van der Waals surface area contributed by atoms with Gasteiger partial charge in [-0.15, -0.1) is 0 Å². The molecule has 2 atom stereocenters. The number of sulfonamides is 1. The quantitative estimate of drug-likeness (QED) is 0.872. The second-order valence-corrected chi connectivity index (χ2v) is 9.41. The molecule has 0 spiro atoms. The van der Waals surface area contributed by atoms with Crippen LogP contribution in [0.3, 0.4) is 0 Å². The van der Waals surface area contributed by atoms with Crippen LogP contribution in [-0.4, -0.2) is 61.9 Å². The smallest absolute Gasteiger partial charge is 0.214 e. The Morgan fingerprint density at radius 1 is 1.36 bits per heavy atom. The minimum atomic E-state index is -3.36. The lowest BCUT2D eigenvalue weighted by atomic mass is 10.1. The van der Waals surface area contributed by atoms with Crippen molar-refractivity contribution < 1.29 is 13.5 Å². The van der Waals surface area contributed by atoms with Gasteiger partial charge in [0.25, 0.3) is 0 Å². The Balaban J connectivity index is 1.93. The average Bonchev–Trinajstić information content (AvgIpc) is 2.86. The first-order valence-corrected chi connectivity index (χ1v) is 10.1. The Morgan fingerprint density at radius 3 is 2.76 bits per heavy atom. The summed E-state index contributed by atoms with van der Waals surface area (Å²) in [5.74, 6) is -0.406. The van der Waals surface area contributed by atoms with Crippen molar-refractivity contribution in [1.82, 2.24) is 9.29 Å². The highest BCUT2D eigenvalue weighted by Gasteiger charge is 2.36. The van der Waals surface area contributed by atoms with Crippen LogP contribution in [0, 0.1) is 12.8 Å². The second-order valence-electron chi connectivity index (χ2n) is 6.74. The van der Waals surface area contributed by atoms with Crippen molar-refractivity contribution in [2.75, 3.05) is 37.8 Å². The van der Waals surface area contributed by atoms with Gasteiger partial charge in [-0.25, -0.2) is 12.7 Å². The van der Waals surface area contributed by atoms with E-state index in [-0.39, 0.29) is 11.7 Å². The summed E-state index contributed by atoms with van der Waals surface area (Å²) in [6.07, 6.45) is 1.03. The molecule has 25 heavy (non-hydrogen) atoms. The largest absolute Gasteiger partial charge is 0.391 e. The van der Waals surface area contributed by atoms with E-state index >= 15 is 0 Å². The van der Waals surface area contributed by atoms with Gasteiger partial charge in [0.15, 0.2) is 0 Å². The van der Waals surface area contributed by atoms with E-state index in [1.807, 2.05) is 30.0 Å². The number of hydrogen-bond donors (Lipinski definition) is 1. The number of anilines is 1. The zero-order chi connectivity index (χ0) is 18.4. The van der Waals surface area contributed by atoms with Gasteiger partial charge in [-0.2, -0.15) is 0 Å². The number of aliphatic hydroxyl groups excluding tert-OH is 1. The number of aromatic nitrogens is 1. The maximum atomic E-state index is 12.1. The number of β-amino-alcohol motifs (C(OH)–C–C–N with tert-alkyl or cyclic N) is 1. The molecule has 1 aromatic carbocycles. The van der Waals surface area contributed by atoms with Crippen LogP contribution in [0.2, 0.25) is 5.02 Å². The Kier molecular flexibility index (Phi) is 4.94. The average molecular weight is 384 g/mol. The number of hydrogen-bond acceptors (Lipinski definition) is 5. The van der Waals surface area contributed by atoms with Gasteiger partial charge >= 0.3 is 0 Å². The summed E-state index contributed by atoms with van der Waals surface area (Å²) in [6.45, 7) is 2.81. The monoisotopic (exact) mass is 383 g/mol. The normalized spacial score (nSPS) is 21.4. The molecule has 0 amide bonds. The maximum absolute atomic E-state index is 12.1. The first kappa shape index (κ1) is 18.4. The number of halogens is 1.